The molecule has 0 atom stereocenters. The Hall–Kier alpha value is -0.640. The van der Waals surface area contributed by atoms with Gasteiger partial charge in [-0.3, -0.25) is 0 Å². The number of hydrogen-bond donors (Lipinski definition) is 0. The second-order valence-electron chi connectivity index (χ2n) is 2.30. The van der Waals surface area contributed by atoms with Gasteiger partial charge in [-0.15, -0.1) is 0 Å². The summed E-state index contributed by atoms with van der Waals surface area (Å²) in [6.45, 7) is 8.00. The van der Waals surface area contributed by atoms with E-state index in [1.54, 1.807) is 6.07 Å². The average molecular weight is 295 g/mol. The maximum absolute atomic E-state index is 5.77. The molecule has 0 spiro atoms. The van der Waals surface area contributed by atoms with E-state index >= 15 is 0 Å². The van der Waals surface area contributed by atoms with E-state index in [0.717, 1.165) is 0 Å². The minimum atomic E-state index is 0.0848. The fourth-order valence-electron chi connectivity index (χ4n) is 0.931. The maximum Gasteiger partial charge on any atom is 0.224 e. The monoisotopic (exact) mass is 293 g/mol. The van der Waals surface area contributed by atoms with Crippen molar-refractivity contribution >= 4 is 45.8 Å². The Morgan fingerprint density at radius 2 is 1.53 bits per heavy atom. The topological polar surface area (TPSA) is 38.7 Å². The highest BCUT2D eigenvalue weighted by Gasteiger charge is 2.05. The van der Waals surface area contributed by atoms with E-state index in [-0.39, 0.29) is 10.4 Å². The SMILES string of the molecule is CC.CC.Clc1cnc2c(Cl)nc(Cl)nc2c1. The summed E-state index contributed by atoms with van der Waals surface area (Å²) in [6.07, 6.45) is 1.48. The number of hydrogen-bond acceptors (Lipinski definition) is 3. The predicted octanol–water partition coefficient (Wildman–Crippen LogP) is 5.04. The summed E-state index contributed by atoms with van der Waals surface area (Å²) in [5, 5.41) is 0.798. The molecule has 94 valence electrons. The van der Waals surface area contributed by atoms with Gasteiger partial charge in [-0.05, 0) is 17.7 Å². The lowest BCUT2D eigenvalue weighted by Gasteiger charge is -1.98. The van der Waals surface area contributed by atoms with E-state index in [1.807, 2.05) is 27.7 Å². The zero-order chi connectivity index (χ0) is 13.4. The standard InChI is InChI=1S/C7H2Cl3N3.2C2H6/c8-3-1-4-5(11-2-3)6(9)13-7(10)12-4;2*1-2/h1-2H;2*1-2H3. The first-order chi connectivity index (χ1) is 8.16. The van der Waals surface area contributed by atoms with Crippen LogP contribution in [0.3, 0.4) is 0 Å². The highest BCUT2D eigenvalue weighted by atomic mass is 35.5. The van der Waals surface area contributed by atoms with Crippen LogP contribution >= 0.6 is 34.8 Å². The molecule has 2 heterocycles. The van der Waals surface area contributed by atoms with Crippen molar-refractivity contribution in [1.29, 1.82) is 0 Å². The number of aromatic nitrogens is 3. The fourth-order valence-corrected chi connectivity index (χ4v) is 1.53. The van der Waals surface area contributed by atoms with Crippen molar-refractivity contribution in [2.75, 3.05) is 0 Å². The molecule has 2 aromatic heterocycles. The molecule has 0 N–H and O–H groups in total. The summed E-state index contributed by atoms with van der Waals surface area (Å²) in [5.41, 5.74) is 1.04. The van der Waals surface area contributed by atoms with Crippen molar-refractivity contribution in [3.8, 4) is 0 Å². The van der Waals surface area contributed by atoms with E-state index in [1.165, 1.54) is 6.20 Å². The largest absolute Gasteiger partial charge is 0.250 e. The first-order valence-electron chi connectivity index (χ1n) is 5.31. The average Bonchev–Trinajstić information content (AvgIpc) is 2.33. The molecule has 0 saturated heterocycles. The van der Waals surface area contributed by atoms with Crippen molar-refractivity contribution in [2.45, 2.75) is 27.7 Å². The van der Waals surface area contributed by atoms with Gasteiger partial charge in [0.05, 0.1) is 10.5 Å². The van der Waals surface area contributed by atoms with Crippen LogP contribution in [0.1, 0.15) is 27.7 Å². The summed E-state index contributed by atoms with van der Waals surface area (Å²) in [7, 11) is 0. The summed E-state index contributed by atoms with van der Waals surface area (Å²) in [4.78, 5) is 11.6. The maximum atomic E-state index is 5.77. The third-order valence-corrected chi connectivity index (χ3v) is 2.07. The number of nitrogens with zero attached hydrogens (tertiary/aromatic N) is 3. The van der Waals surface area contributed by atoms with Gasteiger partial charge in [0, 0.05) is 6.20 Å². The smallest absolute Gasteiger partial charge is 0.224 e. The van der Waals surface area contributed by atoms with E-state index < -0.39 is 0 Å². The molecule has 17 heavy (non-hydrogen) atoms. The molecule has 0 fully saturated rings. The number of rotatable bonds is 0. The van der Waals surface area contributed by atoms with Crippen LogP contribution in [-0.4, -0.2) is 15.0 Å². The third-order valence-electron chi connectivity index (χ3n) is 1.43. The summed E-state index contributed by atoms with van der Waals surface area (Å²) >= 11 is 17.1. The van der Waals surface area contributed by atoms with Gasteiger partial charge >= 0.3 is 0 Å². The van der Waals surface area contributed by atoms with Gasteiger partial charge in [-0.1, -0.05) is 50.9 Å². The van der Waals surface area contributed by atoms with E-state index in [2.05, 4.69) is 15.0 Å². The van der Waals surface area contributed by atoms with Crippen molar-refractivity contribution in [3.05, 3.63) is 27.7 Å². The van der Waals surface area contributed by atoms with Crippen LogP contribution < -0.4 is 0 Å². The van der Waals surface area contributed by atoms with Crippen molar-refractivity contribution < 1.29 is 0 Å². The minimum absolute atomic E-state index is 0.0848. The third kappa shape index (κ3) is 4.62. The quantitative estimate of drug-likeness (QED) is 0.505. The number of pyridine rings is 1. The summed E-state index contributed by atoms with van der Waals surface area (Å²) in [6, 6.07) is 1.63. The molecule has 0 aliphatic carbocycles. The molecule has 6 heteroatoms. The fraction of sp³-hybridized carbons (Fsp3) is 0.364. The van der Waals surface area contributed by atoms with E-state index in [9.17, 15) is 0 Å². The Kier molecular flexibility index (Phi) is 8.13. The van der Waals surface area contributed by atoms with Gasteiger partial charge < -0.3 is 0 Å². The lowest BCUT2D eigenvalue weighted by molar-refractivity contribution is 1.20. The first kappa shape index (κ1) is 16.4. The predicted molar refractivity (Wildman–Crippen MR) is 75.1 cm³/mol. The normalized spacial score (nSPS) is 8.88. The molecule has 0 bridgehead atoms. The van der Waals surface area contributed by atoms with Crippen LogP contribution in [0.5, 0.6) is 0 Å². The Labute approximate surface area is 116 Å². The number of halogens is 3. The van der Waals surface area contributed by atoms with Gasteiger partial charge in [0.2, 0.25) is 5.28 Å². The molecule has 0 unspecified atom stereocenters. The second-order valence-corrected chi connectivity index (χ2v) is 3.44. The molecule has 0 aliphatic rings. The molecule has 2 rings (SSSR count). The van der Waals surface area contributed by atoms with Gasteiger partial charge in [0.1, 0.15) is 5.52 Å². The Balaban J connectivity index is 0.000000581. The van der Waals surface area contributed by atoms with Gasteiger partial charge in [0.25, 0.3) is 0 Å². The van der Waals surface area contributed by atoms with Crippen molar-refractivity contribution in [3.63, 3.8) is 0 Å². The Morgan fingerprint density at radius 3 is 2.12 bits per heavy atom. The van der Waals surface area contributed by atoms with E-state index in [0.29, 0.717) is 16.1 Å². The first-order valence-corrected chi connectivity index (χ1v) is 6.44. The molecule has 0 aliphatic heterocycles. The molecular formula is C11H14Cl3N3. The van der Waals surface area contributed by atoms with Crippen molar-refractivity contribution in [1.82, 2.24) is 15.0 Å². The Bertz CT molecular complexity index is 469. The van der Waals surface area contributed by atoms with Crippen LogP contribution in [0, 0.1) is 0 Å². The lowest BCUT2D eigenvalue weighted by atomic mass is 10.4. The van der Waals surface area contributed by atoms with Crippen molar-refractivity contribution in [2.24, 2.45) is 0 Å². The molecule has 2 aromatic rings. The van der Waals surface area contributed by atoms with Crippen LogP contribution in [0.2, 0.25) is 15.5 Å². The molecule has 3 nitrogen and oxygen atoms in total. The lowest BCUT2D eigenvalue weighted by Crippen LogP contribution is -1.88. The second kappa shape index (κ2) is 8.45. The molecule has 0 aromatic carbocycles. The van der Waals surface area contributed by atoms with Crippen LogP contribution in [0.15, 0.2) is 12.3 Å². The van der Waals surface area contributed by atoms with Crippen LogP contribution in [0.25, 0.3) is 11.0 Å². The van der Waals surface area contributed by atoms with Gasteiger partial charge in [-0.25, -0.2) is 15.0 Å². The Morgan fingerprint density at radius 1 is 0.941 bits per heavy atom. The molecule has 0 amide bonds. The molecular weight excluding hydrogens is 281 g/mol. The highest BCUT2D eigenvalue weighted by molar-refractivity contribution is 6.36. The van der Waals surface area contributed by atoms with Crippen LogP contribution in [0.4, 0.5) is 0 Å². The minimum Gasteiger partial charge on any atom is -0.250 e. The van der Waals surface area contributed by atoms with Gasteiger partial charge in [-0.2, -0.15) is 0 Å². The highest BCUT2D eigenvalue weighted by Crippen LogP contribution is 2.21. The summed E-state index contributed by atoms with van der Waals surface area (Å²) in [5.74, 6) is 0. The van der Waals surface area contributed by atoms with E-state index in [4.69, 9.17) is 34.8 Å². The molecule has 0 radical (unpaired) electrons. The summed E-state index contributed by atoms with van der Waals surface area (Å²) < 4.78 is 0. The molecule has 0 saturated carbocycles. The zero-order valence-corrected chi connectivity index (χ0v) is 12.4. The van der Waals surface area contributed by atoms with Crippen LogP contribution in [-0.2, 0) is 0 Å². The number of fused-ring (bicyclic) bond motifs is 1. The zero-order valence-electron chi connectivity index (χ0n) is 10.1. The van der Waals surface area contributed by atoms with Gasteiger partial charge in [0.15, 0.2) is 5.15 Å².